The number of carbonyl (C=O) groups is 1. The summed E-state index contributed by atoms with van der Waals surface area (Å²) in [5.74, 6) is -1.40. The fourth-order valence-electron chi connectivity index (χ4n) is 1.29. The maximum absolute atomic E-state index is 13.1. The first-order valence-electron chi connectivity index (χ1n) is 5.36. The summed E-state index contributed by atoms with van der Waals surface area (Å²) in [6, 6.07) is 2.71. The summed E-state index contributed by atoms with van der Waals surface area (Å²) in [5, 5.41) is 19.5. The van der Waals surface area contributed by atoms with Gasteiger partial charge in [0.1, 0.15) is 5.69 Å². The van der Waals surface area contributed by atoms with Crippen molar-refractivity contribution in [1.82, 2.24) is 4.98 Å². The van der Waals surface area contributed by atoms with Crippen molar-refractivity contribution in [2.45, 2.75) is 19.3 Å². The van der Waals surface area contributed by atoms with Gasteiger partial charge in [-0.15, -0.1) is 0 Å². The molecular formula is C12H13FN2O3. The number of aliphatic carboxylic acids is 1. The second-order valence-corrected chi connectivity index (χ2v) is 3.54. The summed E-state index contributed by atoms with van der Waals surface area (Å²) < 4.78 is 13.1. The Hall–Kier alpha value is -2.24. The lowest BCUT2D eigenvalue weighted by Gasteiger charge is -1.97. The van der Waals surface area contributed by atoms with E-state index in [9.17, 15) is 9.18 Å². The van der Waals surface area contributed by atoms with Crippen LogP contribution in [-0.2, 0) is 4.79 Å². The van der Waals surface area contributed by atoms with E-state index in [0.29, 0.717) is 18.5 Å². The van der Waals surface area contributed by atoms with Gasteiger partial charge in [0, 0.05) is 6.42 Å². The van der Waals surface area contributed by atoms with Gasteiger partial charge in [-0.25, -0.2) is 9.37 Å². The van der Waals surface area contributed by atoms with Gasteiger partial charge in [-0.1, -0.05) is 11.2 Å². The van der Waals surface area contributed by atoms with E-state index in [-0.39, 0.29) is 12.1 Å². The molecule has 96 valence electrons. The lowest BCUT2D eigenvalue weighted by molar-refractivity contribution is -0.137. The second-order valence-electron chi connectivity index (χ2n) is 3.54. The van der Waals surface area contributed by atoms with E-state index in [1.54, 1.807) is 12.2 Å². The average molecular weight is 252 g/mol. The average Bonchev–Trinajstić information content (AvgIpc) is 2.32. The van der Waals surface area contributed by atoms with Gasteiger partial charge in [-0.3, -0.25) is 4.79 Å². The molecule has 1 aromatic rings. The van der Waals surface area contributed by atoms with E-state index < -0.39 is 11.8 Å². The second kappa shape index (κ2) is 7.16. The summed E-state index contributed by atoms with van der Waals surface area (Å²) in [6.45, 7) is 0. The summed E-state index contributed by atoms with van der Waals surface area (Å²) >= 11 is 0. The highest BCUT2D eigenvalue weighted by Crippen LogP contribution is 2.07. The minimum atomic E-state index is -0.829. The Morgan fingerprint density at radius 2 is 2.28 bits per heavy atom. The van der Waals surface area contributed by atoms with Crippen molar-refractivity contribution in [3.05, 3.63) is 35.4 Å². The Bertz CT molecular complexity index is 472. The number of allylic oxidation sites excluding steroid dienone is 1. The maximum Gasteiger partial charge on any atom is 0.303 e. The van der Waals surface area contributed by atoms with Crippen LogP contribution in [0, 0.1) is 5.82 Å². The molecule has 18 heavy (non-hydrogen) atoms. The Kier molecular flexibility index (Phi) is 5.50. The maximum atomic E-state index is 13.1. The van der Waals surface area contributed by atoms with Gasteiger partial charge in [0.25, 0.3) is 0 Å². The van der Waals surface area contributed by atoms with Crippen LogP contribution in [0.5, 0.6) is 0 Å². The van der Waals surface area contributed by atoms with Crippen molar-refractivity contribution >= 4 is 18.3 Å². The summed E-state index contributed by atoms with van der Waals surface area (Å²) in [5.41, 5.74) is 0.465. The first-order chi connectivity index (χ1) is 8.63. The highest BCUT2D eigenvalue weighted by Gasteiger charge is 2.01. The summed E-state index contributed by atoms with van der Waals surface area (Å²) in [4.78, 5) is 14.2. The quantitative estimate of drug-likeness (QED) is 0.352. The van der Waals surface area contributed by atoms with Gasteiger partial charge >= 0.3 is 5.97 Å². The van der Waals surface area contributed by atoms with Crippen molar-refractivity contribution in [1.29, 1.82) is 0 Å². The number of hydrogen-bond donors (Lipinski definition) is 2. The Balaban J connectivity index is 2.59. The zero-order valence-corrected chi connectivity index (χ0v) is 9.58. The SMILES string of the molecule is O=C(O)CCC/C=C/c1ccc(F)c(/C=N/O)n1. The molecule has 0 saturated carbocycles. The molecule has 0 radical (unpaired) electrons. The standard InChI is InChI=1S/C12H13FN2O3/c13-10-7-6-9(15-11(10)8-14-18)4-2-1-3-5-12(16)17/h2,4,6-8,18H,1,3,5H2,(H,16,17)/b4-2+,14-8+. The minimum absolute atomic E-state index is 0.0508. The minimum Gasteiger partial charge on any atom is -0.481 e. The number of halogens is 1. The predicted molar refractivity (Wildman–Crippen MR) is 64.1 cm³/mol. The Morgan fingerprint density at radius 3 is 2.94 bits per heavy atom. The number of pyridine rings is 1. The van der Waals surface area contributed by atoms with Crippen LogP contribution in [0.3, 0.4) is 0 Å². The molecule has 0 saturated heterocycles. The molecule has 0 aliphatic carbocycles. The molecule has 1 heterocycles. The molecular weight excluding hydrogens is 239 g/mol. The van der Waals surface area contributed by atoms with Crippen molar-refractivity contribution in [2.24, 2.45) is 5.16 Å². The fraction of sp³-hybridized carbons (Fsp3) is 0.250. The van der Waals surface area contributed by atoms with Gasteiger partial charge < -0.3 is 10.3 Å². The highest BCUT2D eigenvalue weighted by atomic mass is 19.1. The zero-order valence-electron chi connectivity index (χ0n) is 9.58. The number of rotatable bonds is 6. The number of hydrogen-bond acceptors (Lipinski definition) is 4. The van der Waals surface area contributed by atoms with Crippen molar-refractivity contribution in [3.8, 4) is 0 Å². The molecule has 0 fully saturated rings. The summed E-state index contributed by atoms with van der Waals surface area (Å²) in [6.07, 6.45) is 5.60. The number of carboxylic acids is 1. The lowest BCUT2D eigenvalue weighted by Crippen LogP contribution is -1.95. The molecule has 2 N–H and O–H groups in total. The zero-order chi connectivity index (χ0) is 13.4. The largest absolute Gasteiger partial charge is 0.481 e. The molecule has 1 aromatic heterocycles. The van der Waals surface area contributed by atoms with E-state index >= 15 is 0 Å². The third-order valence-electron chi connectivity index (χ3n) is 2.12. The smallest absolute Gasteiger partial charge is 0.303 e. The van der Waals surface area contributed by atoms with E-state index in [1.165, 1.54) is 12.1 Å². The van der Waals surface area contributed by atoms with Crippen LogP contribution in [0.1, 0.15) is 30.7 Å². The molecule has 0 bridgehead atoms. The van der Waals surface area contributed by atoms with Gasteiger partial charge in [0.15, 0.2) is 5.82 Å². The van der Waals surface area contributed by atoms with E-state index in [1.807, 2.05) is 0 Å². The topological polar surface area (TPSA) is 82.8 Å². The molecule has 1 rings (SSSR count). The third-order valence-corrected chi connectivity index (χ3v) is 2.12. The van der Waals surface area contributed by atoms with E-state index in [4.69, 9.17) is 10.3 Å². The molecule has 0 aromatic carbocycles. The van der Waals surface area contributed by atoms with Crippen molar-refractivity contribution in [2.75, 3.05) is 0 Å². The Labute approximate surface area is 103 Å². The van der Waals surface area contributed by atoms with E-state index in [0.717, 1.165) is 6.21 Å². The number of aromatic nitrogens is 1. The van der Waals surface area contributed by atoms with E-state index in [2.05, 4.69) is 10.1 Å². The molecule has 0 spiro atoms. The number of oxime groups is 1. The first kappa shape index (κ1) is 13.8. The molecule has 0 atom stereocenters. The summed E-state index contributed by atoms with van der Waals surface area (Å²) in [7, 11) is 0. The third kappa shape index (κ3) is 4.73. The molecule has 6 heteroatoms. The normalized spacial score (nSPS) is 11.4. The monoisotopic (exact) mass is 252 g/mol. The van der Waals surface area contributed by atoms with Crippen LogP contribution < -0.4 is 0 Å². The Morgan fingerprint density at radius 1 is 1.50 bits per heavy atom. The van der Waals surface area contributed by atoms with Crippen LogP contribution in [0.25, 0.3) is 6.08 Å². The van der Waals surface area contributed by atoms with Crippen LogP contribution in [0.2, 0.25) is 0 Å². The molecule has 0 aliphatic rings. The first-order valence-corrected chi connectivity index (χ1v) is 5.36. The lowest BCUT2D eigenvalue weighted by atomic mass is 10.2. The highest BCUT2D eigenvalue weighted by molar-refractivity contribution is 5.77. The van der Waals surface area contributed by atoms with Crippen molar-refractivity contribution < 1.29 is 19.5 Å². The van der Waals surface area contributed by atoms with Crippen LogP contribution in [-0.4, -0.2) is 27.5 Å². The fourth-order valence-corrected chi connectivity index (χ4v) is 1.29. The number of unbranched alkanes of at least 4 members (excludes halogenated alkanes) is 1. The molecule has 5 nitrogen and oxygen atoms in total. The number of carboxylic acid groups (broad SMARTS) is 1. The van der Waals surface area contributed by atoms with Gasteiger partial charge in [0.05, 0.1) is 11.9 Å². The van der Waals surface area contributed by atoms with Gasteiger partial charge in [-0.05, 0) is 31.1 Å². The predicted octanol–water partition coefficient (Wildman–Crippen LogP) is 2.30. The van der Waals surface area contributed by atoms with Gasteiger partial charge in [-0.2, -0.15) is 0 Å². The van der Waals surface area contributed by atoms with Crippen LogP contribution >= 0.6 is 0 Å². The molecule has 0 amide bonds. The number of nitrogens with zero attached hydrogens (tertiary/aromatic N) is 2. The van der Waals surface area contributed by atoms with Crippen molar-refractivity contribution in [3.63, 3.8) is 0 Å². The molecule has 0 unspecified atom stereocenters. The molecule has 0 aliphatic heterocycles. The van der Waals surface area contributed by atoms with Crippen LogP contribution in [0.15, 0.2) is 23.4 Å². The van der Waals surface area contributed by atoms with Crippen LogP contribution in [0.4, 0.5) is 4.39 Å². The van der Waals surface area contributed by atoms with Gasteiger partial charge in [0.2, 0.25) is 0 Å².